The van der Waals surface area contributed by atoms with E-state index in [9.17, 15) is 2.74 Å². The van der Waals surface area contributed by atoms with Crippen LogP contribution in [0.3, 0.4) is 0 Å². The third-order valence-electron chi connectivity index (χ3n) is 8.21. The molecule has 0 saturated carbocycles. The fourth-order valence-electron chi connectivity index (χ4n) is 6.35. The smallest absolute Gasteiger partial charge is 0.136 e. The van der Waals surface area contributed by atoms with E-state index >= 15 is 0 Å². The largest absolute Gasteiger partial charge is 0.456 e. The van der Waals surface area contributed by atoms with Crippen LogP contribution in [0, 0.1) is 0 Å². The molecule has 0 unspecified atom stereocenters. The third-order valence-corrected chi connectivity index (χ3v) is 8.21. The number of hydrogen-bond donors (Lipinski definition) is 0. The number of rotatable bonds is 3. The standard InChI is InChI=1S/C42H26O/c1-2-10-27(11-3-1)28-18-20-30(21-19-28)40-33-14-6-8-16-35(33)41(36-17-9-7-15-34(36)40)31-22-24-37-39(26-31)43-38-25-23-29-12-4-5-13-32(29)42(37)38/h1-26H/i1D,2D,3D,10D,11D,18D,19D,20D,21D. The molecule has 200 valence electrons. The van der Waals surface area contributed by atoms with Gasteiger partial charge in [-0.15, -0.1) is 0 Å². The van der Waals surface area contributed by atoms with Gasteiger partial charge in [0, 0.05) is 10.8 Å². The molecule has 0 amide bonds. The Morgan fingerprint density at radius 1 is 0.395 bits per heavy atom. The molecule has 0 radical (unpaired) electrons. The first-order valence-electron chi connectivity index (χ1n) is 18.5. The summed E-state index contributed by atoms with van der Waals surface area (Å²) < 4.78 is 84.4. The first kappa shape index (κ1) is 16.7. The van der Waals surface area contributed by atoms with Crippen LogP contribution in [0.5, 0.6) is 0 Å². The van der Waals surface area contributed by atoms with E-state index in [1.807, 2.05) is 72.8 Å². The van der Waals surface area contributed by atoms with Gasteiger partial charge in [-0.3, -0.25) is 0 Å². The maximum Gasteiger partial charge on any atom is 0.136 e. The van der Waals surface area contributed by atoms with Crippen molar-refractivity contribution in [2.75, 3.05) is 0 Å². The minimum Gasteiger partial charge on any atom is -0.456 e. The highest BCUT2D eigenvalue weighted by molar-refractivity contribution is 6.23. The van der Waals surface area contributed by atoms with Crippen molar-refractivity contribution in [2.45, 2.75) is 0 Å². The molecule has 1 heterocycles. The number of fused-ring (bicyclic) bond motifs is 7. The van der Waals surface area contributed by atoms with E-state index < -0.39 is 42.3 Å². The number of furan rings is 1. The topological polar surface area (TPSA) is 13.1 Å². The molecule has 1 heteroatoms. The molecule has 9 rings (SSSR count). The van der Waals surface area contributed by atoms with Gasteiger partial charge in [-0.05, 0) is 83.9 Å². The summed E-state index contributed by atoms with van der Waals surface area (Å²) in [6, 6.07) is 29.1. The zero-order valence-corrected chi connectivity index (χ0v) is 22.7. The molecule has 43 heavy (non-hydrogen) atoms. The van der Waals surface area contributed by atoms with Crippen molar-refractivity contribution in [3.8, 4) is 33.4 Å². The lowest BCUT2D eigenvalue weighted by molar-refractivity contribution is 0.669. The molecular weight excluding hydrogens is 520 g/mol. The Hall–Kier alpha value is -5.66. The van der Waals surface area contributed by atoms with Crippen molar-refractivity contribution < 1.29 is 16.8 Å². The molecule has 8 aromatic carbocycles. The molecule has 1 nitrogen and oxygen atoms in total. The van der Waals surface area contributed by atoms with Crippen molar-refractivity contribution in [3.63, 3.8) is 0 Å². The predicted molar refractivity (Wildman–Crippen MR) is 183 cm³/mol. The molecule has 0 saturated heterocycles. The summed E-state index contributed by atoms with van der Waals surface area (Å²) >= 11 is 0. The Bertz CT molecular complexity index is 2900. The van der Waals surface area contributed by atoms with Crippen LogP contribution in [0.2, 0.25) is 0 Å². The van der Waals surface area contributed by atoms with Gasteiger partial charge in [-0.25, -0.2) is 0 Å². The Morgan fingerprint density at radius 2 is 0.953 bits per heavy atom. The minimum atomic E-state index is -0.612. The van der Waals surface area contributed by atoms with Crippen molar-refractivity contribution in [1.29, 1.82) is 0 Å². The molecule has 0 aliphatic carbocycles. The Labute approximate surface area is 261 Å². The first-order valence-corrected chi connectivity index (χ1v) is 14.0. The zero-order chi connectivity index (χ0) is 36.2. The van der Waals surface area contributed by atoms with Crippen LogP contribution in [-0.2, 0) is 0 Å². The molecule has 9 aromatic rings. The maximum absolute atomic E-state index is 9.26. The summed E-state index contributed by atoms with van der Waals surface area (Å²) in [4.78, 5) is 0. The van der Waals surface area contributed by atoms with Gasteiger partial charge in [-0.2, -0.15) is 0 Å². The monoisotopic (exact) mass is 555 g/mol. The lowest BCUT2D eigenvalue weighted by atomic mass is 9.85. The van der Waals surface area contributed by atoms with E-state index in [2.05, 4.69) is 30.3 Å². The van der Waals surface area contributed by atoms with Crippen LogP contribution in [0.1, 0.15) is 12.3 Å². The van der Waals surface area contributed by atoms with Crippen molar-refractivity contribution in [2.24, 2.45) is 0 Å². The van der Waals surface area contributed by atoms with Crippen molar-refractivity contribution in [1.82, 2.24) is 0 Å². The minimum absolute atomic E-state index is 0.0599. The highest BCUT2D eigenvalue weighted by Gasteiger charge is 2.18. The molecule has 0 aliphatic heterocycles. The quantitative estimate of drug-likeness (QED) is 0.198. The summed E-state index contributed by atoms with van der Waals surface area (Å²) in [6.45, 7) is 0. The molecule has 0 aliphatic rings. The zero-order valence-electron chi connectivity index (χ0n) is 31.7. The molecule has 0 fully saturated rings. The van der Waals surface area contributed by atoms with Crippen LogP contribution in [0.25, 0.3) is 87.6 Å². The summed E-state index contributed by atoms with van der Waals surface area (Å²) in [6.07, 6.45) is 0. The van der Waals surface area contributed by atoms with Gasteiger partial charge < -0.3 is 4.42 Å². The van der Waals surface area contributed by atoms with E-state index in [-0.39, 0.29) is 28.8 Å². The average Bonchev–Trinajstić information content (AvgIpc) is 3.55. The second-order valence-corrected chi connectivity index (χ2v) is 10.6. The lowest BCUT2D eigenvalue weighted by Crippen LogP contribution is -1.91. The SMILES string of the molecule is [2H]c1c([2H])c([2H])c(-c2c([2H])c([2H])c(-c3c4ccccc4c(-c4ccc5c(c4)oc4ccc6ccccc6c45)c4ccccc34)c([2H])c2[2H])c([2H])c1[2H]. The fraction of sp³-hybridized carbons (Fsp3) is 0. The fourth-order valence-corrected chi connectivity index (χ4v) is 6.35. The highest BCUT2D eigenvalue weighted by atomic mass is 16.3. The lowest BCUT2D eigenvalue weighted by Gasteiger charge is -2.18. The second-order valence-electron chi connectivity index (χ2n) is 10.6. The van der Waals surface area contributed by atoms with E-state index in [1.165, 1.54) is 0 Å². The van der Waals surface area contributed by atoms with Gasteiger partial charge in [0.25, 0.3) is 0 Å². The predicted octanol–water partition coefficient (Wildman–Crippen LogP) is 12.0. The van der Waals surface area contributed by atoms with Gasteiger partial charge in [-0.1, -0.05) is 139 Å². The van der Waals surface area contributed by atoms with Gasteiger partial charge in [0.1, 0.15) is 11.2 Å². The molecule has 1 aromatic heterocycles. The van der Waals surface area contributed by atoms with Gasteiger partial charge in [0.2, 0.25) is 0 Å². The molecule has 0 spiro atoms. The van der Waals surface area contributed by atoms with Gasteiger partial charge in [0.15, 0.2) is 0 Å². The summed E-state index contributed by atoms with van der Waals surface area (Å²) in [5.41, 5.74) is 3.23. The highest BCUT2D eigenvalue weighted by Crippen LogP contribution is 2.45. The van der Waals surface area contributed by atoms with Crippen LogP contribution < -0.4 is 0 Å². The molecule has 0 atom stereocenters. The van der Waals surface area contributed by atoms with Gasteiger partial charge in [0.05, 0.1) is 12.3 Å². The van der Waals surface area contributed by atoms with Crippen molar-refractivity contribution >= 4 is 54.3 Å². The Morgan fingerprint density at radius 3 is 1.63 bits per heavy atom. The average molecular weight is 556 g/mol. The Balaban J connectivity index is 1.33. The van der Waals surface area contributed by atoms with Crippen LogP contribution >= 0.6 is 0 Å². The first-order chi connectivity index (χ1) is 25.1. The van der Waals surface area contributed by atoms with Crippen LogP contribution in [-0.4, -0.2) is 0 Å². The van der Waals surface area contributed by atoms with Crippen LogP contribution in [0.15, 0.2) is 162 Å². The summed E-state index contributed by atoms with van der Waals surface area (Å²) in [5, 5.41) is 7.40. The van der Waals surface area contributed by atoms with Crippen LogP contribution in [0.4, 0.5) is 0 Å². The summed E-state index contributed by atoms with van der Waals surface area (Å²) in [7, 11) is 0. The molecular formula is C42H26O. The van der Waals surface area contributed by atoms with E-state index in [1.54, 1.807) is 0 Å². The van der Waals surface area contributed by atoms with E-state index in [0.717, 1.165) is 54.6 Å². The number of hydrogen-bond acceptors (Lipinski definition) is 1. The van der Waals surface area contributed by atoms with E-state index in [0.29, 0.717) is 16.3 Å². The van der Waals surface area contributed by atoms with Crippen molar-refractivity contribution in [3.05, 3.63) is 158 Å². The maximum atomic E-state index is 9.26. The Kier molecular flexibility index (Phi) is 3.67. The summed E-state index contributed by atoms with van der Waals surface area (Å²) in [5.74, 6) is 0. The van der Waals surface area contributed by atoms with E-state index in [4.69, 9.17) is 14.0 Å². The third kappa shape index (κ3) is 3.72. The number of benzene rings is 8. The molecule has 0 N–H and O–H groups in total. The second kappa shape index (κ2) is 9.44. The van der Waals surface area contributed by atoms with Gasteiger partial charge >= 0.3 is 0 Å². The molecule has 0 bridgehead atoms. The normalized spacial score (nSPS) is 14.7.